The SMILES string of the molecule is CC1(C)c2ccccc2N2c3ccccc3Oc3cc(Br)cc1c32. The van der Waals surface area contributed by atoms with E-state index in [9.17, 15) is 0 Å². The van der Waals surface area contributed by atoms with E-state index in [0.29, 0.717) is 0 Å². The maximum Gasteiger partial charge on any atom is 0.152 e. The lowest BCUT2D eigenvalue weighted by Crippen LogP contribution is -2.32. The van der Waals surface area contributed by atoms with Gasteiger partial charge in [-0.3, -0.25) is 0 Å². The molecule has 0 radical (unpaired) electrons. The molecule has 0 aromatic heterocycles. The second-order valence-electron chi connectivity index (χ2n) is 6.85. The first-order chi connectivity index (χ1) is 11.6. The number of hydrogen-bond donors (Lipinski definition) is 0. The van der Waals surface area contributed by atoms with Crippen LogP contribution in [-0.4, -0.2) is 0 Å². The van der Waals surface area contributed by atoms with Crippen LogP contribution < -0.4 is 9.64 Å². The Kier molecular flexibility index (Phi) is 2.73. The van der Waals surface area contributed by atoms with Crippen LogP contribution in [-0.2, 0) is 5.41 Å². The van der Waals surface area contributed by atoms with Crippen molar-refractivity contribution in [2.45, 2.75) is 19.3 Å². The van der Waals surface area contributed by atoms with Gasteiger partial charge in [-0.2, -0.15) is 0 Å². The van der Waals surface area contributed by atoms with E-state index in [1.807, 2.05) is 12.1 Å². The van der Waals surface area contributed by atoms with Gasteiger partial charge in [-0.05, 0) is 41.5 Å². The normalized spacial score (nSPS) is 15.9. The average molecular weight is 378 g/mol. The second-order valence-corrected chi connectivity index (χ2v) is 7.76. The Bertz CT molecular complexity index is 993. The van der Waals surface area contributed by atoms with Gasteiger partial charge >= 0.3 is 0 Å². The van der Waals surface area contributed by atoms with Crippen molar-refractivity contribution < 1.29 is 4.74 Å². The summed E-state index contributed by atoms with van der Waals surface area (Å²) < 4.78 is 7.29. The summed E-state index contributed by atoms with van der Waals surface area (Å²) in [4.78, 5) is 2.34. The van der Waals surface area contributed by atoms with Crippen molar-refractivity contribution in [1.29, 1.82) is 0 Å². The van der Waals surface area contributed by atoms with E-state index in [2.05, 4.69) is 83.2 Å². The molecule has 3 heteroatoms. The molecule has 0 saturated carbocycles. The van der Waals surface area contributed by atoms with Crippen molar-refractivity contribution in [2.24, 2.45) is 0 Å². The van der Waals surface area contributed by atoms with Gasteiger partial charge in [-0.25, -0.2) is 0 Å². The highest BCUT2D eigenvalue weighted by Crippen LogP contribution is 2.60. The van der Waals surface area contributed by atoms with Gasteiger partial charge in [0.2, 0.25) is 0 Å². The van der Waals surface area contributed by atoms with E-state index in [-0.39, 0.29) is 5.41 Å². The smallest absolute Gasteiger partial charge is 0.152 e. The minimum absolute atomic E-state index is 0.0867. The number of nitrogens with zero attached hydrogens (tertiary/aromatic N) is 1. The second kappa shape index (κ2) is 4.64. The summed E-state index contributed by atoms with van der Waals surface area (Å²) in [5, 5.41) is 0. The number of hydrogen-bond acceptors (Lipinski definition) is 2. The monoisotopic (exact) mass is 377 g/mol. The highest BCUT2D eigenvalue weighted by Gasteiger charge is 2.41. The van der Waals surface area contributed by atoms with Crippen LogP contribution in [0.4, 0.5) is 17.1 Å². The fourth-order valence-electron chi connectivity index (χ4n) is 3.92. The van der Waals surface area contributed by atoms with Gasteiger partial charge < -0.3 is 9.64 Å². The van der Waals surface area contributed by atoms with Crippen molar-refractivity contribution in [2.75, 3.05) is 4.90 Å². The molecule has 0 saturated heterocycles. The lowest BCUT2D eigenvalue weighted by atomic mass is 9.73. The zero-order valence-electron chi connectivity index (χ0n) is 13.5. The molecule has 0 bridgehead atoms. The highest BCUT2D eigenvalue weighted by atomic mass is 79.9. The fraction of sp³-hybridized carbons (Fsp3) is 0.143. The van der Waals surface area contributed by atoms with E-state index in [1.54, 1.807) is 0 Å². The number of para-hydroxylation sites is 3. The predicted octanol–water partition coefficient (Wildman–Crippen LogP) is 6.66. The molecular formula is C21H16BrNO. The molecule has 2 aliphatic rings. The molecule has 2 heterocycles. The topological polar surface area (TPSA) is 12.5 Å². The molecule has 118 valence electrons. The van der Waals surface area contributed by atoms with Crippen LogP contribution >= 0.6 is 15.9 Å². The number of ether oxygens (including phenoxy) is 1. The zero-order valence-corrected chi connectivity index (χ0v) is 15.1. The standard InChI is InChI=1S/C21H16BrNO/c1-21(2)14-7-3-4-8-16(14)23-17-9-5-6-10-18(17)24-19-12-13(22)11-15(21)20(19)23/h3-12H,1-2H3. The van der Waals surface area contributed by atoms with Gasteiger partial charge in [0.15, 0.2) is 11.5 Å². The lowest BCUT2D eigenvalue weighted by Gasteiger charge is -2.44. The van der Waals surface area contributed by atoms with E-state index in [4.69, 9.17) is 4.74 Å². The molecule has 3 aromatic carbocycles. The van der Waals surface area contributed by atoms with Crippen molar-refractivity contribution in [3.8, 4) is 11.5 Å². The molecule has 0 aliphatic carbocycles. The molecule has 24 heavy (non-hydrogen) atoms. The number of anilines is 3. The van der Waals surface area contributed by atoms with Crippen LogP contribution in [0.3, 0.4) is 0 Å². The number of benzene rings is 3. The number of fused-ring (bicyclic) bond motifs is 4. The first-order valence-corrected chi connectivity index (χ1v) is 8.87. The first-order valence-electron chi connectivity index (χ1n) is 8.08. The molecule has 0 N–H and O–H groups in total. The molecule has 0 amide bonds. The van der Waals surface area contributed by atoms with Gasteiger partial charge in [0, 0.05) is 9.89 Å². The van der Waals surface area contributed by atoms with Crippen LogP contribution in [0.25, 0.3) is 0 Å². The minimum atomic E-state index is -0.0867. The first kappa shape index (κ1) is 14.1. The molecule has 5 rings (SSSR count). The average Bonchev–Trinajstić information content (AvgIpc) is 2.58. The van der Waals surface area contributed by atoms with Gasteiger partial charge in [-0.15, -0.1) is 0 Å². The van der Waals surface area contributed by atoms with Crippen molar-refractivity contribution in [1.82, 2.24) is 0 Å². The van der Waals surface area contributed by atoms with Crippen LogP contribution in [0.5, 0.6) is 11.5 Å². The van der Waals surface area contributed by atoms with Crippen molar-refractivity contribution in [3.05, 3.63) is 76.3 Å². The van der Waals surface area contributed by atoms with Crippen LogP contribution in [0, 0.1) is 0 Å². The van der Waals surface area contributed by atoms with Crippen LogP contribution in [0.15, 0.2) is 65.1 Å². The molecule has 2 nitrogen and oxygen atoms in total. The molecule has 2 aliphatic heterocycles. The number of rotatable bonds is 0. The van der Waals surface area contributed by atoms with Crippen molar-refractivity contribution >= 4 is 33.0 Å². The summed E-state index contributed by atoms with van der Waals surface area (Å²) in [5.41, 5.74) is 6.00. The highest BCUT2D eigenvalue weighted by molar-refractivity contribution is 9.10. The Morgan fingerprint density at radius 2 is 1.54 bits per heavy atom. The molecule has 0 unspecified atom stereocenters. The summed E-state index contributed by atoms with van der Waals surface area (Å²) in [6.45, 7) is 4.57. The summed E-state index contributed by atoms with van der Waals surface area (Å²) >= 11 is 3.66. The Labute approximate surface area is 149 Å². The molecule has 3 aromatic rings. The summed E-state index contributed by atoms with van der Waals surface area (Å²) in [7, 11) is 0. The summed E-state index contributed by atoms with van der Waals surface area (Å²) in [6, 6.07) is 21.2. The van der Waals surface area contributed by atoms with E-state index in [0.717, 1.165) is 27.3 Å². The quantitative estimate of drug-likeness (QED) is 0.339. The van der Waals surface area contributed by atoms with Crippen LogP contribution in [0.1, 0.15) is 25.0 Å². The predicted molar refractivity (Wildman–Crippen MR) is 101 cm³/mol. The van der Waals surface area contributed by atoms with Crippen molar-refractivity contribution in [3.63, 3.8) is 0 Å². The van der Waals surface area contributed by atoms with Gasteiger partial charge in [0.25, 0.3) is 0 Å². The summed E-state index contributed by atoms with van der Waals surface area (Å²) in [5.74, 6) is 1.80. The molecule has 0 atom stereocenters. The molecule has 0 spiro atoms. The fourth-order valence-corrected chi connectivity index (χ4v) is 4.36. The van der Waals surface area contributed by atoms with E-state index < -0.39 is 0 Å². The molecular weight excluding hydrogens is 362 g/mol. The number of halogens is 1. The van der Waals surface area contributed by atoms with Gasteiger partial charge in [0.1, 0.15) is 0 Å². The minimum Gasteiger partial charge on any atom is -0.453 e. The Morgan fingerprint density at radius 3 is 2.38 bits per heavy atom. The van der Waals surface area contributed by atoms with Gasteiger partial charge in [0.05, 0.1) is 17.1 Å². The zero-order chi connectivity index (χ0) is 16.5. The lowest BCUT2D eigenvalue weighted by molar-refractivity contribution is 0.471. The maximum atomic E-state index is 6.24. The maximum absolute atomic E-state index is 6.24. The van der Waals surface area contributed by atoms with E-state index >= 15 is 0 Å². The third-order valence-corrected chi connectivity index (χ3v) is 5.54. The molecule has 0 fully saturated rings. The summed E-state index contributed by atoms with van der Waals surface area (Å²) in [6.07, 6.45) is 0. The van der Waals surface area contributed by atoms with Crippen LogP contribution in [0.2, 0.25) is 0 Å². The largest absolute Gasteiger partial charge is 0.453 e. The van der Waals surface area contributed by atoms with E-state index in [1.165, 1.54) is 16.8 Å². The Balaban J connectivity index is 1.93. The van der Waals surface area contributed by atoms with Gasteiger partial charge in [-0.1, -0.05) is 60.1 Å². The third kappa shape index (κ3) is 1.71. The third-order valence-electron chi connectivity index (χ3n) is 5.08. The Hall–Kier alpha value is -2.26. The Morgan fingerprint density at radius 1 is 0.833 bits per heavy atom.